The van der Waals surface area contributed by atoms with Gasteiger partial charge < -0.3 is 19.8 Å². The van der Waals surface area contributed by atoms with Gasteiger partial charge in [0.15, 0.2) is 0 Å². The summed E-state index contributed by atoms with van der Waals surface area (Å²) in [6.45, 7) is 17.8. The highest BCUT2D eigenvalue weighted by molar-refractivity contribution is 5.96. The first kappa shape index (κ1) is 29.1. The SMILES string of the molecule is C=C(C)c1c(/C=C\C(C)CC)c2ccc(OC)cc2n1CCC/C(=C\CC)N=C(N)OC.CC. The molecular formula is C29H45N3O2. The molecular weight excluding hydrogens is 422 g/mol. The highest BCUT2D eigenvalue weighted by Crippen LogP contribution is 2.34. The zero-order chi connectivity index (χ0) is 25.7. The molecule has 1 heterocycles. The number of allylic oxidation sites excluding steroid dienone is 4. The molecule has 5 heteroatoms. The normalized spacial score (nSPS) is 13.1. The van der Waals surface area contributed by atoms with E-state index in [-0.39, 0.29) is 6.02 Å². The van der Waals surface area contributed by atoms with Crippen molar-refractivity contribution in [3.63, 3.8) is 0 Å². The third kappa shape index (κ3) is 7.82. The van der Waals surface area contributed by atoms with Crippen molar-refractivity contribution in [3.05, 3.63) is 53.9 Å². The molecule has 0 aliphatic carbocycles. The van der Waals surface area contributed by atoms with Gasteiger partial charge in [-0.1, -0.05) is 65.8 Å². The summed E-state index contributed by atoms with van der Waals surface area (Å²) in [5, 5.41) is 1.22. The van der Waals surface area contributed by atoms with Crippen LogP contribution in [0, 0.1) is 5.92 Å². The number of hydrogen-bond acceptors (Lipinski definition) is 3. The van der Waals surface area contributed by atoms with Gasteiger partial charge in [-0.15, -0.1) is 0 Å². The van der Waals surface area contributed by atoms with E-state index >= 15 is 0 Å². The molecule has 0 radical (unpaired) electrons. The lowest BCUT2D eigenvalue weighted by molar-refractivity contribution is 0.395. The van der Waals surface area contributed by atoms with Gasteiger partial charge in [0, 0.05) is 29.3 Å². The second-order valence-corrected chi connectivity index (χ2v) is 8.18. The van der Waals surface area contributed by atoms with Crippen molar-refractivity contribution >= 4 is 28.6 Å². The number of benzene rings is 1. The molecule has 0 saturated carbocycles. The van der Waals surface area contributed by atoms with Crippen LogP contribution in [0.1, 0.15) is 78.5 Å². The van der Waals surface area contributed by atoms with Gasteiger partial charge in [-0.05, 0) is 49.8 Å². The predicted octanol–water partition coefficient (Wildman–Crippen LogP) is 7.80. The zero-order valence-electron chi connectivity index (χ0n) is 22.6. The fourth-order valence-corrected chi connectivity index (χ4v) is 3.79. The van der Waals surface area contributed by atoms with Crippen LogP contribution in [-0.2, 0) is 11.3 Å². The van der Waals surface area contributed by atoms with Gasteiger partial charge in [0.2, 0.25) is 0 Å². The van der Waals surface area contributed by atoms with E-state index in [4.69, 9.17) is 15.2 Å². The largest absolute Gasteiger partial charge is 0.497 e. The number of hydrogen-bond donors (Lipinski definition) is 1. The molecule has 2 rings (SSSR count). The third-order valence-electron chi connectivity index (χ3n) is 5.67. The van der Waals surface area contributed by atoms with Crippen molar-refractivity contribution in [2.24, 2.45) is 16.6 Å². The predicted molar refractivity (Wildman–Crippen MR) is 149 cm³/mol. The molecule has 34 heavy (non-hydrogen) atoms. The quantitative estimate of drug-likeness (QED) is 0.271. The summed E-state index contributed by atoms with van der Waals surface area (Å²) in [4.78, 5) is 4.40. The minimum Gasteiger partial charge on any atom is -0.497 e. The summed E-state index contributed by atoms with van der Waals surface area (Å²) in [5.74, 6) is 1.38. The number of nitrogens with zero attached hydrogens (tertiary/aromatic N) is 2. The summed E-state index contributed by atoms with van der Waals surface area (Å²) < 4.78 is 12.9. The van der Waals surface area contributed by atoms with E-state index in [2.05, 4.69) is 74.2 Å². The van der Waals surface area contributed by atoms with Gasteiger partial charge in [-0.3, -0.25) is 0 Å². The second-order valence-electron chi connectivity index (χ2n) is 8.18. The molecule has 1 aromatic heterocycles. The van der Waals surface area contributed by atoms with Gasteiger partial charge in [-0.2, -0.15) is 0 Å². The maximum atomic E-state index is 5.78. The number of amidine groups is 1. The molecule has 1 aromatic carbocycles. The lowest BCUT2D eigenvalue weighted by Gasteiger charge is -2.12. The first-order valence-corrected chi connectivity index (χ1v) is 12.5. The Morgan fingerprint density at radius 1 is 1.24 bits per heavy atom. The first-order valence-electron chi connectivity index (χ1n) is 12.5. The fraction of sp³-hybridized carbons (Fsp3) is 0.483. The Morgan fingerprint density at radius 3 is 2.50 bits per heavy atom. The number of aryl methyl sites for hydroxylation is 1. The maximum Gasteiger partial charge on any atom is 0.286 e. The smallest absolute Gasteiger partial charge is 0.286 e. The minimum absolute atomic E-state index is 0.195. The van der Waals surface area contributed by atoms with Crippen molar-refractivity contribution in [2.45, 2.75) is 73.8 Å². The van der Waals surface area contributed by atoms with E-state index in [1.165, 1.54) is 23.8 Å². The molecule has 188 valence electrons. The van der Waals surface area contributed by atoms with Crippen molar-refractivity contribution < 1.29 is 9.47 Å². The number of nitrogens with two attached hydrogens (primary N) is 1. The van der Waals surface area contributed by atoms with E-state index in [1.54, 1.807) is 7.11 Å². The maximum absolute atomic E-state index is 5.78. The Balaban J connectivity index is 0.00000281. The van der Waals surface area contributed by atoms with Crippen LogP contribution in [0.3, 0.4) is 0 Å². The van der Waals surface area contributed by atoms with Crippen LogP contribution in [0.25, 0.3) is 22.6 Å². The van der Waals surface area contributed by atoms with E-state index in [0.717, 1.165) is 54.8 Å². The average Bonchev–Trinajstić information content (AvgIpc) is 3.16. The summed E-state index contributed by atoms with van der Waals surface area (Å²) in [5.41, 5.74) is 11.3. The Bertz CT molecular complexity index is 1010. The van der Waals surface area contributed by atoms with Crippen LogP contribution >= 0.6 is 0 Å². The van der Waals surface area contributed by atoms with E-state index < -0.39 is 0 Å². The highest BCUT2D eigenvalue weighted by Gasteiger charge is 2.17. The molecule has 2 N–H and O–H groups in total. The van der Waals surface area contributed by atoms with E-state index in [0.29, 0.717) is 5.92 Å². The Hall–Kier alpha value is -2.95. The molecule has 0 bridgehead atoms. The number of aromatic nitrogens is 1. The third-order valence-corrected chi connectivity index (χ3v) is 5.67. The summed E-state index contributed by atoms with van der Waals surface area (Å²) in [7, 11) is 3.24. The second kappa shape index (κ2) is 15.0. The van der Waals surface area contributed by atoms with Crippen molar-refractivity contribution in [1.29, 1.82) is 0 Å². The molecule has 0 aliphatic heterocycles. The standard InChI is InChI=1S/C27H39N3O2.C2H6/c1-8-11-21(29-27(28)32-7)12-10-17-30-25-18-22(31-6)14-16-23(25)24(26(30)19(3)4)15-13-20(5)9-2;1-2/h11,13-16,18,20H,3,8-10,12,17H2,1-2,4-7H3,(H2,28,29);1-2H3/b15-13-,21-11+;. The number of aliphatic imine (C=N–C) groups is 1. The minimum atomic E-state index is 0.195. The molecule has 2 aromatic rings. The van der Waals surface area contributed by atoms with E-state index in [1.807, 2.05) is 19.9 Å². The van der Waals surface area contributed by atoms with Gasteiger partial charge in [0.1, 0.15) is 5.75 Å². The molecule has 1 unspecified atom stereocenters. The number of methoxy groups -OCH3 is 2. The molecule has 0 saturated heterocycles. The van der Waals surface area contributed by atoms with Crippen LogP contribution in [0.2, 0.25) is 0 Å². The number of rotatable bonds is 11. The van der Waals surface area contributed by atoms with Crippen LogP contribution in [-0.4, -0.2) is 24.8 Å². The summed E-state index contributed by atoms with van der Waals surface area (Å²) in [6.07, 6.45) is 10.4. The van der Waals surface area contributed by atoms with Gasteiger partial charge >= 0.3 is 0 Å². The zero-order valence-corrected chi connectivity index (χ0v) is 22.6. The molecule has 0 aliphatic rings. The first-order chi connectivity index (χ1) is 16.4. The average molecular weight is 468 g/mol. The highest BCUT2D eigenvalue weighted by atomic mass is 16.5. The topological polar surface area (TPSA) is 61.8 Å². The van der Waals surface area contributed by atoms with Gasteiger partial charge in [0.05, 0.1) is 25.4 Å². The van der Waals surface area contributed by atoms with Crippen LogP contribution in [0.5, 0.6) is 5.75 Å². The van der Waals surface area contributed by atoms with Crippen LogP contribution in [0.15, 0.2) is 47.6 Å². The lowest BCUT2D eigenvalue weighted by Crippen LogP contribution is -2.13. The van der Waals surface area contributed by atoms with Crippen molar-refractivity contribution in [2.75, 3.05) is 14.2 Å². The van der Waals surface area contributed by atoms with E-state index in [9.17, 15) is 0 Å². The van der Waals surface area contributed by atoms with Gasteiger partial charge in [0.25, 0.3) is 6.02 Å². The number of ether oxygens (including phenoxy) is 2. The molecule has 0 spiro atoms. The van der Waals surface area contributed by atoms with Crippen molar-refractivity contribution in [3.8, 4) is 5.75 Å². The number of fused-ring (bicyclic) bond motifs is 1. The molecule has 5 nitrogen and oxygen atoms in total. The summed E-state index contributed by atoms with van der Waals surface area (Å²) >= 11 is 0. The molecule has 0 fully saturated rings. The Labute approximate surface area is 207 Å². The van der Waals surface area contributed by atoms with Gasteiger partial charge in [-0.25, -0.2) is 4.99 Å². The molecule has 1 atom stereocenters. The monoisotopic (exact) mass is 467 g/mol. The Kier molecular flexibility index (Phi) is 12.9. The van der Waals surface area contributed by atoms with Crippen LogP contribution < -0.4 is 10.5 Å². The lowest BCUT2D eigenvalue weighted by atomic mass is 10.0. The fourth-order valence-electron chi connectivity index (χ4n) is 3.79. The summed E-state index contributed by atoms with van der Waals surface area (Å²) in [6, 6.07) is 6.49. The van der Waals surface area contributed by atoms with Crippen LogP contribution in [0.4, 0.5) is 0 Å². The molecule has 0 amide bonds. The Morgan fingerprint density at radius 2 is 1.94 bits per heavy atom. The van der Waals surface area contributed by atoms with Crippen molar-refractivity contribution in [1.82, 2.24) is 4.57 Å².